The summed E-state index contributed by atoms with van der Waals surface area (Å²) in [5.41, 5.74) is 8.38. The Morgan fingerprint density at radius 3 is 2.53 bits per heavy atom. The summed E-state index contributed by atoms with van der Waals surface area (Å²) in [6.07, 6.45) is 4.02. The Kier molecular flexibility index (Phi) is 7.54. The number of nitrogens with zero attached hydrogens (tertiary/aromatic N) is 2. The number of amides is 1. The lowest BCUT2D eigenvalue weighted by atomic mass is 9.93. The van der Waals surface area contributed by atoms with Crippen molar-refractivity contribution >= 4 is 45.0 Å². The largest absolute Gasteiger partial charge is 0.337 e. The Balaban J connectivity index is 1.58. The van der Waals surface area contributed by atoms with Gasteiger partial charge in [-0.2, -0.15) is 0 Å². The zero-order valence-corrected chi connectivity index (χ0v) is 21.5. The second-order valence-electron chi connectivity index (χ2n) is 9.71. The van der Waals surface area contributed by atoms with Crippen LogP contribution < -0.4 is 5.73 Å². The molecule has 3 atom stereocenters. The van der Waals surface area contributed by atoms with Crippen LogP contribution in [-0.4, -0.2) is 40.8 Å². The van der Waals surface area contributed by atoms with Gasteiger partial charge in [0.05, 0.1) is 10.7 Å². The normalized spacial score (nSPS) is 21.0. The number of carbonyl (C=O) groups is 2. The van der Waals surface area contributed by atoms with Crippen molar-refractivity contribution in [3.8, 4) is 0 Å². The SMILES string of the molecule is CCC1CCC(=O)c2cc3ccccc3cc2N=C1SC(C(=O)N1CCC[C@@H]1CN)c1ccccc1. The van der Waals surface area contributed by atoms with Gasteiger partial charge in [0.2, 0.25) is 5.91 Å². The Bertz CT molecular complexity index is 1290. The number of ketones is 1. The lowest BCUT2D eigenvalue weighted by Crippen LogP contribution is -2.42. The van der Waals surface area contributed by atoms with E-state index in [1.54, 1.807) is 11.8 Å². The van der Waals surface area contributed by atoms with Crippen LogP contribution in [-0.2, 0) is 4.79 Å². The fourth-order valence-corrected chi connectivity index (χ4v) is 6.75. The van der Waals surface area contributed by atoms with E-state index in [0.717, 1.165) is 53.6 Å². The zero-order valence-electron chi connectivity index (χ0n) is 20.7. The van der Waals surface area contributed by atoms with Crippen molar-refractivity contribution in [2.24, 2.45) is 16.6 Å². The second kappa shape index (κ2) is 11.0. The van der Waals surface area contributed by atoms with Crippen LogP contribution in [0.3, 0.4) is 0 Å². The van der Waals surface area contributed by atoms with E-state index in [1.807, 2.05) is 65.6 Å². The molecule has 1 saturated heterocycles. The first-order valence-electron chi connectivity index (χ1n) is 13.0. The predicted molar refractivity (Wildman–Crippen MR) is 149 cm³/mol. The van der Waals surface area contributed by atoms with E-state index < -0.39 is 5.25 Å². The summed E-state index contributed by atoms with van der Waals surface area (Å²) in [5.74, 6) is 0.371. The molecule has 0 saturated carbocycles. The van der Waals surface area contributed by atoms with Gasteiger partial charge in [0.25, 0.3) is 0 Å². The van der Waals surface area contributed by atoms with Crippen molar-refractivity contribution < 1.29 is 9.59 Å². The van der Waals surface area contributed by atoms with Gasteiger partial charge >= 0.3 is 0 Å². The third kappa shape index (κ3) is 4.97. The van der Waals surface area contributed by atoms with Gasteiger partial charge < -0.3 is 10.6 Å². The van der Waals surface area contributed by atoms with Crippen LogP contribution in [0.2, 0.25) is 0 Å². The minimum absolute atomic E-state index is 0.0928. The minimum atomic E-state index is -0.398. The van der Waals surface area contributed by atoms with Crippen molar-refractivity contribution in [1.29, 1.82) is 0 Å². The van der Waals surface area contributed by atoms with Crippen LogP contribution in [0.1, 0.15) is 60.2 Å². The number of carbonyl (C=O) groups excluding carboxylic acids is 2. The van der Waals surface area contributed by atoms with E-state index in [-0.39, 0.29) is 23.7 Å². The molecule has 1 amide bonds. The van der Waals surface area contributed by atoms with Crippen LogP contribution >= 0.6 is 11.8 Å². The third-order valence-corrected chi connectivity index (χ3v) is 8.83. The fraction of sp³-hybridized carbons (Fsp3) is 0.367. The van der Waals surface area contributed by atoms with Gasteiger partial charge in [-0.15, -0.1) is 0 Å². The maximum atomic E-state index is 14.0. The first-order valence-corrected chi connectivity index (χ1v) is 13.8. The van der Waals surface area contributed by atoms with Gasteiger partial charge in [-0.1, -0.05) is 73.3 Å². The molecule has 2 heterocycles. The van der Waals surface area contributed by atoms with E-state index in [2.05, 4.69) is 13.0 Å². The topological polar surface area (TPSA) is 75.8 Å². The molecule has 2 unspecified atom stereocenters. The van der Waals surface area contributed by atoms with Crippen molar-refractivity contribution in [1.82, 2.24) is 4.90 Å². The Hall–Kier alpha value is -2.96. The molecule has 0 bridgehead atoms. The highest BCUT2D eigenvalue weighted by atomic mass is 32.2. The summed E-state index contributed by atoms with van der Waals surface area (Å²) in [6, 6.07) is 22.2. The Labute approximate surface area is 217 Å². The van der Waals surface area contributed by atoms with Crippen LogP contribution in [0.25, 0.3) is 10.8 Å². The van der Waals surface area contributed by atoms with Crippen LogP contribution in [0.15, 0.2) is 71.7 Å². The molecule has 0 radical (unpaired) electrons. The molecule has 3 aromatic carbocycles. The first kappa shape index (κ1) is 24.7. The Morgan fingerprint density at radius 1 is 1.08 bits per heavy atom. The molecular weight excluding hydrogens is 466 g/mol. The summed E-state index contributed by atoms with van der Waals surface area (Å²) in [5, 5.41) is 2.64. The number of aliphatic imine (C=N–C) groups is 1. The maximum Gasteiger partial charge on any atom is 0.240 e. The third-order valence-electron chi connectivity index (χ3n) is 7.45. The van der Waals surface area contributed by atoms with Crippen LogP contribution in [0.4, 0.5) is 5.69 Å². The summed E-state index contributed by atoms with van der Waals surface area (Å²) < 4.78 is 0. The van der Waals surface area contributed by atoms with Gasteiger partial charge in [-0.3, -0.25) is 9.59 Å². The van der Waals surface area contributed by atoms with Crippen molar-refractivity contribution in [3.63, 3.8) is 0 Å². The molecule has 0 aliphatic carbocycles. The molecule has 2 aliphatic heterocycles. The molecule has 5 rings (SSSR count). The molecule has 6 heteroatoms. The molecule has 1 fully saturated rings. The van der Waals surface area contributed by atoms with E-state index >= 15 is 0 Å². The fourth-order valence-electron chi connectivity index (χ4n) is 5.35. The zero-order chi connectivity index (χ0) is 25.1. The van der Waals surface area contributed by atoms with Gasteiger partial charge in [0.1, 0.15) is 5.25 Å². The number of benzene rings is 3. The quantitative estimate of drug-likeness (QED) is 0.447. The lowest BCUT2D eigenvalue weighted by molar-refractivity contribution is -0.131. The van der Waals surface area contributed by atoms with Gasteiger partial charge in [-0.05, 0) is 54.2 Å². The average molecular weight is 500 g/mol. The summed E-state index contributed by atoms with van der Waals surface area (Å²) in [7, 11) is 0. The number of Topliss-reactive ketones (excluding diaryl/α,β-unsaturated/α-hetero) is 1. The number of likely N-dealkylation sites (tertiary alicyclic amines) is 1. The van der Waals surface area contributed by atoms with Crippen molar-refractivity contribution in [2.45, 2.75) is 50.3 Å². The highest BCUT2D eigenvalue weighted by Crippen LogP contribution is 2.40. The number of hydrogen-bond donors (Lipinski definition) is 1. The van der Waals surface area contributed by atoms with E-state index in [9.17, 15) is 9.59 Å². The van der Waals surface area contributed by atoms with Gasteiger partial charge in [0, 0.05) is 37.0 Å². The maximum absolute atomic E-state index is 14.0. The smallest absolute Gasteiger partial charge is 0.240 e. The molecule has 5 nitrogen and oxygen atoms in total. The van der Waals surface area contributed by atoms with Crippen molar-refractivity contribution in [3.05, 3.63) is 77.9 Å². The summed E-state index contributed by atoms with van der Waals surface area (Å²) in [4.78, 5) is 34.2. The second-order valence-corrected chi connectivity index (χ2v) is 10.8. The number of nitrogens with two attached hydrogens (primary N) is 1. The monoisotopic (exact) mass is 499 g/mol. The minimum Gasteiger partial charge on any atom is -0.337 e. The molecule has 3 aromatic rings. The molecule has 2 N–H and O–H groups in total. The standard InChI is InChI=1S/C30H33N3O2S/c1-2-20-14-15-27(34)25-17-22-11-6-7-12-23(22)18-26(25)32-29(20)36-28(21-9-4-3-5-10-21)30(35)33-16-8-13-24(33)19-31/h3-7,9-12,17-18,20,24,28H,2,8,13-16,19,31H2,1H3/t20?,24-,28?/m1/s1. The Morgan fingerprint density at radius 2 is 1.81 bits per heavy atom. The lowest BCUT2D eigenvalue weighted by Gasteiger charge is -2.30. The number of rotatable bonds is 5. The van der Waals surface area contributed by atoms with Crippen molar-refractivity contribution in [2.75, 3.05) is 13.1 Å². The molecule has 0 aromatic heterocycles. The average Bonchev–Trinajstić information content (AvgIpc) is 3.39. The first-order chi connectivity index (χ1) is 17.6. The van der Waals surface area contributed by atoms with E-state index in [4.69, 9.17) is 10.7 Å². The molecular formula is C30H33N3O2S. The number of thioether (sulfide) groups is 1. The molecule has 2 aliphatic rings. The molecule has 0 spiro atoms. The van der Waals surface area contributed by atoms with E-state index in [1.165, 1.54) is 0 Å². The number of fused-ring (bicyclic) bond motifs is 2. The van der Waals surface area contributed by atoms with Crippen LogP contribution in [0, 0.1) is 5.92 Å². The summed E-state index contributed by atoms with van der Waals surface area (Å²) in [6.45, 7) is 3.37. The number of hydrogen-bond acceptors (Lipinski definition) is 5. The van der Waals surface area contributed by atoms with Gasteiger partial charge in [0.15, 0.2) is 5.78 Å². The summed E-state index contributed by atoms with van der Waals surface area (Å²) >= 11 is 1.56. The van der Waals surface area contributed by atoms with E-state index in [0.29, 0.717) is 24.2 Å². The predicted octanol–water partition coefficient (Wildman–Crippen LogP) is 6.30. The highest BCUT2D eigenvalue weighted by Gasteiger charge is 2.36. The van der Waals surface area contributed by atoms with Gasteiger partial charge in [-0.25, -0.2) is 4.99 Å². The molecule has 36 heavy (non-hydrogen) atoms. The highest BCUT2D eigenvalue weighted by molar-refractivity contribution is 8.14. The van der Waals surface area contributed by atoms with Crippen LogP contribution in [0.5, 0.6) is 0 Å². The molecule has 186 valence electrons.